The minimum Gasteiger partial charge on any atom is -0.373 e. The number of para-hydroxylation sites is 2. The molecule has 1 heterocycles. The van der Waals surface area contributed by atoms with Gasteiger partial charge in [0.2, 0.25) is 0 Å². The van der Waals surface area contributed by atoms with Gasteiger partial charge in [0.15, 0.2) is 5.82 Å². The fraction of sp³-hybridized carbons (Fsp3) is 0.350. The lowest BCUT2D eigenvalue weighted by atomic mass is 9.96. The molecule has 25 heavy (non-hydrogen) atoms. The van der Waals surface area contributed by atoms with Gasteiger partial charge in [0.05, 0.1) is 11.2 Å². The van der Waals surface area contributed by atoms with Crippen LogP contribution in [0.25, 0.3) is 5.69 Å². The molecule has 0 unspecified atom stereocenters. The Morgan fingerprint density at radius 3 is 2.24 bits per heavy atom. The number of rotatable bonds is 5. The van der Waals surface area contributed by atoms with Gasteiger partial charge in [-0.1, -0.05) is 43.3 Å². The molecular formula is C20H25N5. The van der Waals surface area contributed by atoms with Crippen molar-refractivity contribution in [3.63, 3.8) is 0 Å². The summed E-state index contributed by atoms with van der Waals surface area (Å²) >= 11 is 0. The molecule has 5 heteroatoms. The quantitative estimate of drug-likeness (QED) is 0.754. The van der Waals surface area contributed by atoms with Crippen molar-refractivity contribution in [2.75, 3.05) is 5.32 Å². The van der Waals surface area contributed by atoms with E-state index in [1.165, 1.54) is 5.56 Å². The second-order valence-electron chi connectivity index (χ2n) is 6.78. The van der Waals surface area contributed by atoms with Crippen LogP contribution in [0.2, 0.25) is 0 Å². The monoisotopic (exact) mass is 335 g/mol. The van der Waals surface area contributed by atoms with Gasteiger partial charge in [-0.15, -0.1) is 5.10 Å². The number of benzene rings is 2. The molecule has 1 atom stereocenters. The number of aryl methyl sites for hydroxylation is 3. The fourth-order valence-corrected chi connectivity index (χ4v) is 3.13. The second kappa shape index (κ2) is 6.67. The van der Waals surface area contributed by atoms with Crippen LogP contribution >= 0.6 is 0 Å². The van der Waals surface area contributed by atoms with Crippen LogP contribution in [0.15, 0.2) is 42.5 Å². The molecule has 0 aliphatic carbocycles. The highest BCUT2D eigenvalue weighted by atomic mass is 15.6. The number of nitrogens with one attached hydrogen (secondary N) is 1. The summed E-state index contributed by atoms with van der Waals surface area (Å²) in [6.07, 6.45) is 0.854. The lowest BCUT2D eigenvalue weighted by Crippen LogP contribution is -2.35. The van der Waals surface area contributed by atoms with Crippen molar-refractivity contribution in [1.82, 2.24) is 20.2 Å². The number of nitrogens with zero attached hydrogens (tertiary/aromatic N) is 4. The van der Waals surface area contributed by atoms with Gasteiger partial charge in [-0.2, -0.15) is 4.68 Å². The molecule has 1 N–H and O–H groups in total. The molecule has 0 fully saturated rings. The number of tetrazole rings is 1. The first kappa shape index (κ1) is 17.1. The van der Waals surface area contributed by atoms with E-state index in [1.54, 1.807) is 0 Å². The molecule has 2 aromatic carbocycles. The SMILES string of the molecule is CC[C@@](C)(Nc1ccccc1C)c1nnnn1-c1c(C)cccc1C. The second-order valence-corrected chi connectivity index (χ2v) is 6.78. The van der Waals surface area contributed by atoms with Crippen LogP contribution in [0.4, 0.5) is 5.69 Å². The first-order valence-electron chi connectivity index (χ1n) is 8.65. The normalized spacial score (nSPS) is 13.5. The number of hydrogen-bond donors (Lipinski definition) is 1. The summed E-state index contributed by atoms with van der Waals surface area (Å²) in [6, 6.07) is 14.5. The van der Waals surface area contributed by atoms with Crippen LogP contribution in [0, 0.1) is 20.8 Å². The third kappa shape index (κ3) is 3.14. The Morgan fingerprint density at radius 2 is 1.60 bits per heavy atom. The van der Waals surface area contributed by atoms with Crippen molar-refractivity contribution in [2.24, 2.45) is 0 Å². The molecule has 0 aliphatic heterocycles. The van der Waals surface area contributed by atoms with Gasteiger partial charge in [0, 0.05) is 5.69 Å². The molecule has 0 aliphatic rings. The highest BCUT2D eigenvalue weighted by Gasteiger charge is 2.32. The summed E-state index contributed by atoms with van der Waals surface area (Å²) in [6.45, 7) is 10.6. The summed E-state index contributed by atoms with van der Waals surface area (Å²) in [5.41, 5.74) is 5.28. The molecule has 0 spiro atoms. The number of aromatic nitrogens is 4. The fourth-order valence-electron chi connectivity index (χ4n) is 3.13. The molecule has 0 bridgehead atoms. The van der Waals surface area contributed by atoms with E-state index in [4.69, 9.17) is 0 Å². The van der Waals surface area contributed by atoms with Crippen molar-refractivity contribution < 1.29 is 0 Å². The van der Waals surface area contributed by atoms with Crippen molar-refractivity contribution in [3.05, 3.63) is 65.0 Å². The molecule has 130 valence electrons. The van der Waals surface area contributed by atoms with Crippen LogP contribution in [-0.4, -0.2) is 20.2 Å². The van der Waals surface area contributed by atoms with E-state index in [2.05, 4.69) is 85.8 Å². The third-order valence-electron chi connectivity index (χ3n) is 4.88. The van der Waals surface area contributed by atoms with Crippen LogP contribution in [0.1, 0.15) is 42.8 Å². The predicted molar refractivity (Wildman–Crippen MR) is 101 cm³/mol. The van der Waals surface area contributed by atoms with Crippen LogP contribution < -0.4 is 5.32 Å². The summed E-state index contributed by atoms with van der Waals surface area (Å²) in [5.74, 6) is 0.815. The summed E-state index contributed by atoms with van der Waals surface area (Å²) in [4.78, 5) is 0. The maximum absolute atomic E-state index is 4.38. The molecule has 1 aromatic heterocycles. The Labute approximate surface area is 149 Å². The smallest absolute Gasteiger partial charge is 0.181 e. The lowest BCUT2D eigenvalue weighted by Gasteiger charge is -2.30. The molecule has 0 radical (unpaired) electrons. The van der Waals surface area contributed by atoms with E-state index in [0.717, 1.165) is 34.7 Å². The maximum atomic E-state index is 4.38. The molecule has 0 saturated carbocycles. The molecule has 3 aromatic rings. The zero-order chi connectivity index (χ0) is 18.0. The first-order valence-corrected chi connectivity index (χ1v) is 8.65. The highest BCUT2D eigenvalue weighted by molar-refractivity contribution is 5.53. The Bertz CT molecular complexity index is 863. The molecule has 0 amide bonds. The van der Waals surface area contributed by atoms with Crippen molar-refractivity contribution in [2.45, 2.75) is 46.6 Å². The Morgan fingerprint density at radius 1 is 0.960 bits per heavy atom. The van der Waals surface area contributed by atoms with Crippen LogP contribution in [0.5, 0.6) is 0 Å². The van der Waals surface area contributed by atoms with Gasteiger partial charge in [-0.25, -0.2) is 0 Å². The van der Waals surface area contributed by atoms with E-state index in [9.17, 15) is 0 Å². The van der Waals surface area contributed by atoms with Gasteiger partial charge < -0.3 is 5.32 Å². The summed E-state index contributed by atoms with van der Waals surface area (Å²) in [7, 11) is 0. The van der Waals surface area contributed by atoms with Crippen molar-refractivity contribution in [3.8, 4) is 5.69 Å². The minimum absolute atomic E-state index is 0.385. The molecular weight excluding hydrogens is 310 g/mol. The molecule has 3 rings (SSSR count). The van der Waals surface area contributed by atoms with Gasteiger partial charge in [0.1, 0.15) is 0 Å². The third-order valence-corrected chi connectivity index (χ3v) is 4.88. The number of anilines is 1. The standard InChI is InChI=1S/C20H25N5/c1-6-20(5,21-17-13-8-7-10-14(17)2)19-22-23-24-25(19)18-15(3)11-9-12-16(18)4/h7-13,21H,6H2,1-5H3/t20-/m1/s1. The zero-order valence-electron chi connectivity index (χ0n) is 15.5. The largest absolute Gasteiger partial charge is 0.373 e. The summed E-state index contributed by atoms with van der Waals surface area (Å²) in [5, 5.41) is 16.3. The Kier molecular flexibility index (Phi) is 4.57. The first-order chi connectivity index (χ1) is 12.0. The van der Waals surface area contributed by atoms with Crippen LogP contribution in [-0.2, 0) is 5.54 Å². The molecule has 0 saturated heterocycles. The highest BCUT2D eigenvalue weighted by Crippen LogP contribution is 2.31. The number of hydrogen-bond acceptors (Lipinski definition) is 4. The predicted octanol–water partition coefficient (Wildman–Crippen LogP) is 4.32. The maximum Gasteiger partial charge on any atom is 0.181 e. The van der Waals surface area contributed by atoms with E-state index in [-0.39, 0.29) is 5.54 Å². The summed E-state index contributed by atoms with van der Waals surface area (Å²) < 4.78 is 1.87. The van der Waals surface area contributed by atoms with Gasteiger partial charge in [-0.3, -0.25) is 0 Å². The van der Waals surface area contributed by atoms with E-state index in [1.807, 2.05) is 16.8 Å². The van der Waals surface area contributed by atoms with Gasteiger partial charge in [-0.05, 0) is 67.3 Å². The van der Waals surface area contributed by atoms with Gasteiger partial charge >= 0.3 is 0 Å². The van der Waals surface area contributed by atoms with Crippen molar-refractivity contribution >= 4 is 5.69 Å². The van der Waals surface area contributed by atoms with E-state index < -0.39 is 0 Å². The average Bonchev–Trinajstić information content (AvgIpc) is 3.07. The molecule has 5 nitrogen and oxygen atoms in total. The Balaban J connectivity index is 2.09. The topological polar surface area (TPSA) is 55.6 Å². The zero-order valence-corrected chi connectivity index (χ0v) is 15.5. The average molecular weight is 335 g/mol. The van der Waals surface area contributed by atoms with E-state index in [0.29, 0.717) is 0 Å². The lowest BCUT2D eigenvalue weighted by molar-refractivity contribution is 0.474. The Hall–Kier alpha value is -2.69. The van der Waals surface area contributed by atoms with E-state index >= 15 is 0 Å². The van der Waals surface area contributed by atoms with Crippen LogP contribution in [0.3, 0.4) is 0 Å². The minimum atomic E-state index is -0.385. The van der Waals surface area contributed by atoms with Gasteiger partial charge in [0.25, 0.3) is 0 Å². The van der Waals surface area contributed by atoms with Crippen molar-refractivity contribution in [1.29, 1.82) is 0 Å².